The summed E-state index contributed by atoms with van der Waals surface area (Å²) in [5, 5.41) is 2.90. The Morgan fingerprint density at radius 1 is 1.12 bits per heavy atom. The molecule has 1 aromatic heterocycles. The summed E-state index contributed by atoms with van der Waals surface area (Å²) in [6.45, 7) is 0.332. The number of anilines is 1. The number of hydrogen-bond acceptors (Lipinski definition) is 3. The zero-order valence-corrected chi connectivity index (χ0v) is 10.2. The van der Waals surface area contributed by atoms with Crippen LogP contribution < -0.4 is 5.32 Å². The van der Waals surface area contributed by atoms with Crippen molar-refractivity contribution in [3.05, 3.63) is 52.3 Å². The molecule has 0 radical (unpaired) electrons. The molecule has 88 valence electrons. The zero-order valence-electron chi connectivity index (χ0n) is 8.62. The molecule has 0 unspecified atom stereocenters. The van der Waals surface area contributed by atoms with Crippen LogP contribution in [-0.2, 0) is 6.54 Å². The topological polar surface area (TPSA) is 37.8 Å². The van der Waals surface area contributed by atoms with Crippen molar-refractivity contribution < 1.29 is 8.78 Å². The van der Waals surface area contributed by atoms with Crippen LogP contribution in [0.2, 0.25) is 0 Å². The second-order valence-electron chi connectivity index (χ2n) is 3.33. The Labute approximate surface area is 105 Å². The standard InChI is InChI=1S/C11H8BrF2N3/c12-8-5-16-11(17-6-8)15-4-7-1-2-9(13)10(14)3-7/h1-3,5-6H,4H2,(H,15,16,17). The Morgan fingerprint density at radius 2 is 1.82 bits per heavy atom. The van der Waals surface area contributed by atoms with Crippen molar-refractivity contribution in [2.75, 3.05) is 5.32 Å². The fourth-order valence-electron chi connectivity index (χ4n) is 1.23. The summed E-state index contributed by atoms with van der Waals surface area (Å²) >= 11 is 3.21. The molecule has 0 bridgehead atoms. The van der Waals surface area contributed by atoms with Crippen LogP contribution in [0.25, 0.3) is 0 Å². The molecule has 0 saturated carbocycles. The maximum atomic E-state index is 12.9. The SMILES string of the molecule is Fc1ccc(CNc2ncc(Br)cn2)cc1F. The normalized spacial score (nSPS) is 10.3. The molecule has 1 aromatic carbocycles. The van der Waals surface area contributed by atoms with E-state index in [1.54, 1.807) is 12.4 Å². The monoisotopic (exact) mass is 299 g/mol. The number of benzene rings is 1. The van der Waals surface area contributed by atoms with Gasteiger partial charge in [0.2, 0.25) is 5.95 Å². The molecule has 1 N–H and O–H groups in total. The van der Waals surface area contributed by atoms with Crippen LogP contribution in [0.1, 0.15) is 5.56 Å². The summed E-state index contributed by atoms with van der Waals surface area (Å²) in [7, 11) is 0. The molecule has 0 amide bonds. The largest absolute Gasteiger partial charge is 0.350 e. The van der Waals surface area contributed by atoms with Crippen molar-refractivity contribution in [2.24, 2.45) is 0 Å². The molecular weight excluding hydrogens is 292 g/mol. The van der Waals surface area contributed by atoms with Gasteiger partial charge in [0.25, 0.3) is 0 Å². The minimum absolute atomic E-state index is 0.332. The van der Waals surface area contributed by atoms with Crippen LogP contribution in [0, 0.1) is 11.6 Å². The van der Waals surface area contributed by atoms with Crippen molar-refractivity contribution in [1.82, 2.24) is 9.97 Å². The van der Waals surface area contributed by atoms with Gasteiger partial charge in [0.15, 0.2) is 11.6 Å². The average molecular weight is 300 g/mol. The Hall–Kier alpha value is -1.56. The van der Waals surface area contributed by atoms with Crippen LogP contribution in [0.4, 0.5) is 14.7 Å². The number of rotatable bonds is 3. The first kappa shape index (κ1) is 11.9. The highest BCUT2D eigenvalue weighted by Crippen LogP contribution is 2.11. The van der Waals surface area contributed by atoms with E-state index >= 15 is 0 Å². The molecular formula is C11H8BrF2N3. The molecule has 0 aliphatic carbocycles. The fourth-order valence-corrected chi connectivity index (χ4v) is 1.44. The lowest BCUT2D eigenvalue weighted by Crippen LogP contribution is -2.03. The Bertz CT molecular complexity index is 517. The number of halogens is 3. The molecule has 2 aromatic rings. The molecule has 17 heavy (non-hydrogen) atoms. The van der Waals surface area contributed by atoms with Crippen LogP contribution in [0.3, 0.4) is 0 Å². The van der Waals surface area contributed by atoms with Gasteiger partial charge in [-0.1, -0.05) is 6.07 Å². The molecule has 0 aliphatic heterocycles. The van der Waals surface area contributed by atoms with Gasteiger partial charge in [0.05, 0.1) is 4.47 Å². The average Bonchev–Trinajstić information content (AvgIpc) is 2.33. The first-order chi connectivity index (χ1) is 8.15. The smallest absolute Gasteiger partial charge is 0.222 e. The summed E-state index contributed by atoms with van der Waals surface area (Å²) in [5.41, 5.74) is 0.621. The first-order valence-electron chi connectivity index (χ1n) is 4.80. The van der Waals surface area contributed by atoms with Gasteiger partial charge in [-0.25, -0.2) is 18.7 Å². The number of nitrogens with one attached hydrogen (secondary N) is 1. The maximum absolute atomic E-state index is 12.9. The highest BCUT2D eigenvalue weighted by Gasteiger charge is 2.02. The predicted octanol–water partition coefficient (Wildman–Crippen LogP) is 3.13. The van der Waals surface area contributed by atoms with E-state index in [2.05, 4.69) is 31.2 Å². The van der Waals surface area contributed by atoms with Gasteiger partial charge in [-0.2, -0.15) is 0 Å². The lowest BCUT2D eigenvalue weighted by atomic mass is 10.2. The third-order valence-electron chi connectivity index (χ3n) is 2.05. The fraction of sp³-hybridized carbons (Fsp3) is 0.0909. The van der Waals surface area contributed by atoms with Gasteiger partial charge < -0.3 is 5.32 Å². The molecule has 3 nitrogen and oxygen atoms in total. The zero-order chi connectivity index (χ0) is 12.3. The highest BCUT2D eigenvalue weighted by atomic mass is 79.9. The maximum Gasteiger partial charge on any atom is 0.222 e. The van der Waals surface area contributed by atoms with E-state index in [0.29, 0.717) is 18.1 Å². The van der Waals surface area contributed by atoms with E-state index < -0.39 is 11.6 Å². The Morgan fingerprint density at radius 3 is 2.47 bits per heavy atom. The Balaban J connectivity index is 2.02. The van der Waals surface area contributed by atoms with Crippen molar-refractivity contribution in [2.45, 2.75) is 6.54 Å². The number of hydrogen-bond donors (Lipinski definition) is 1. The third-order valence-corrected chi connectivity index (χ3v) is 2.46. The first-order valence-corrected chi connectivity index (χ1v) is 5.60. The third kappa shape index (κ3) is 3.20. The molecule has 6 heteroatoms. The van der Waals surface area contributed by atoms with Gasteiger partial charge in [0.1, 0.15) is 0 Å². The van der Waals surface area contributed by atoms with Crippen LogP contribution in [0.15, 0.2) is 35.1 Å². The van der Waals surface area contributed by atoms with E-state index in [4.69, 9.17) is 0 Å². The van der Waals surface area contributed by atoms with Gasteiger partial charge >= 0.3 is 0 Å². The molecule has 0 aliphatic rings. The van der Waals surface area contributed by atoms with Gasteiger partial charge in [-0.3, -0.25) is 0 Å². The summed E-state index contributed by atoms with van der Waals surface area (Å²) in [4.78, 5) is 7.99. The van der Waals surface area contributed by atoms with Gasteiger partial charge in [-0.05, 0) is 33.6 Å². The summed E-state index contributed by atoms with van der Waals surface area (Å²) in [6, 6.07) is 3.74. The lowest BCUT2D eigenvalue weighted by Gasteiger charge is -2.04. The Kier molecular flexibility index (Phi) is 3.63. The molecule has 0 spiro atoms. The summed E-state index contributed by atoms with van der Waals surface area (Å²) in [6.07, 6.45) is 3.20. The molecule has 2 rings (SSSR count). The van der Waals surface area contributed by atoms with Crippen molar-refractivity contribution in [3.63, 3.8) is 0 Å². The van der Waals surface area contributed by atoms with Gasteiger partial charge in [0, 0.05) is 18.9 Å². The van der Waals surface area contributed by atoms with Crippen molar-refractivity contribution in [3.8, 4) is 0 Å². The molecule has 0 fully saturated rings. The van der Waals surface area contributed by atoms with Crippen molar-refractivity contribution >= 4 is 21.9 Å². The highest BCUT2D eigenvalue weighted by molar-refractivity contribution is 9.10. The molecule has 1 heterocycles. The van der Waals surface area contributed by atoms with E-state index in [-0.39, 0.29) is 0 Å². The van der Waals surface area contributed by atoms with Gasteiger partial charge in [-0.15, -0.1) is 0 Å². The minimum Gasteiger partial charge on any atom is -0.350 e. The van der Waals surface area contributed by atoms with Crippen LogP contribution in [-0.4, -0.2) is 9.97 Å². The summed E-state index contributed by atoms with van der Waals surface area (Å²) in [5.74, 6) is -1.28. The lowest BCUT2D eigenvalue weighted by molar-refractivity contribution is 0.507. The number of aromatic nitrogens is 2. The molecule has 0 atom stereocenters. The second kappa shape index (κ2) is 5.18. The quantitative estimate of drug-likeness (QED) is 0.946. The molecule has 0 saturated heterocycles. The van der Waals surface area contributed by atoms with Crippen molar-refractivity contribution in [1.29, 1.82) is 0 Å². The van der Waals surface area contributed by atoms with E-state index in [0.717, 1.165) is 16.6 Å². The summed E-state index contributed by atoms with van der Waals surface area (Å²) < 4.78 is 26.4. The number of nitrogens with zero attached hydrogens (tertiary/aromatic N) is 2. The van der Waals surface area contributed by atoms with E-state index in [9.17, 15) is 8.78 Å². The minimum atomic E-state index is -0.860. The van der Waals surface area contributed by atoms with Crippen LogP contribution in [0.5, 0.6) is 0 Å². The van der Waals surface area contributed by atoms with Crippen LogP contribution >= 0.6 is 15.9 Å². The van der Waals surface area contributed by atoms with E-state index in [1.165, 1.54) is 6.07 Å². The predicted molar refractivity (Wildman–Crippen MR) is 63.4 cm³/mol. The van der Waals surface area contributed by atoms with E-state index in [1.807, 2.05) is 0 Å². The second-order valence-corrected chi connectivity index (χ2v) is 4.24.